The highest BCUT2D eigenvalue weighted by atomic mass is 16.5. The topological polar surface area (TPSA) is 43.3 Å². The standard InChI is InChI=1S/C15H18N2O2/c1-19-14(18)10-17-8-7-11-3-2-4-12(15(11)17)9-16-13-5-6-13/h2-4,7-8,13,16H,5-6,9-10H2,1H3. The van der Waals surface area contributed by atoms with Crippen molar-refractivity contribution in [1.29, 1.82) is 0 Å². The maximum absolute atomic E-state index is 11.5. The number of esters is 1. The Bertz CT molecular complexity index is 599. The number of nitrogens with one attached hydrogen (secondary N) is 1. The van der Waals surface area contributed by atoms with Gasteiger partial charge in [-0.3, -0.25) is 4.79 Å². The Kier molecular flexibility index (Phi) is 3.25. The molecular weight excluding hydrogens is 240 g/mol. The number of methoxy groups -OCH3 is 1. The van der Waals surface area contributed by atoms with Crippen LogP contribution in [0.25, 0.3) is 10.9 Å². The number of rotatable bonds is 5. The molecule has 0 bridgehead atoms. The van der Waals surface area contributed by atoms with Gasteiger partial charge in [0.1, 0.15) is 6.54 Å². The van der Waals surface area contributed by atoms with E-state index in [1.54, 1.807) is 0 Å². The van der Waals surface area contributed by atoms with Crippen LogP contribution in [0.4, 0.5) is 0 Å². The van der Waals surface area contributed by atoms with Crippen LogP contribution < -0.4 is 5.32 Å². The van der Waals surface area contributed by atoms with E-state index in [9.17, 15) is 4.79 Å². The van der Waals surface area contributed by atoms with Gasteiger partial charge in [-0.05, 0) is 29.9 Å². The number of para-hydroxylation sites is 1. The Morgan fingerprint density at radius 1 is 1.42 bits per heavy atom. The fourth-order valence-electron chi connectivity index (χ4n) is 2.36. The first-order valence-electron chi connectivity index (χ1n) is 6.65. The number of carbonyl (C=O) groups excluding carboxylic acids is 1. The molecule has 1 aromatic heterocycles. The molecule has 1 aromatic carbocycles. The van der Waals surface area contributed by atoms with E-state index in [4.69, 9.17) is 4.74 Å². The minimum Gasteiger partial charge on any atom is -0.468 e. The lowest BCUT2D eigenvalue weighted by atomic mass is 10.1. The van der Waals surface area contributed by atoms with E-state index in [-0.39, 0.29) is 12.5 Å². The molecule has 100 valence electrons. The summed E-state index contributed by atoms with van der Waals surface area (Å²) in [6.07, 6.45) is 4.50. The summed E-state index contributed by atoms with van der Waals surface area (Å²) in [7, 11) is 1.42. The number of fused-ring (bicyclic) bond motifs is 1. The molecular formula is C15H18N2O2. The van der Waals surface area contributed by atoms with Gasteiger partial charge >= 0.3 is 5.97 Å². The summed E-state index contributed by atoms with van der Waals surface area (Å²) in [5.41, 5.74) is 2.36. The summed E-state index contributed by atoms with van der Waals surface area (Å²) in [5.74, 6) is -0.220. The van der Waals surface area contributed by atoms with Gasteiger partial charge in [-0.1, -0.05) is 18.2 Å². The van der Waals surface area contributed by atoms with E-state index < -0.39 is 0 Å². The molecule has 1 aliphatic rings. The van der Waals surface area contributed by atoms with Crippen LogP contribution in [0.3, 0.4) is 0 Å². The Morgan fingerprint density at radius 2 is 2.26 bits per heavy atom. The van der Waals surface area contributed by atoms with E-state index in [1.165, 1.54) is 30.9 Å². The molecule has 0 radical (unpaired) electrons. The van der Waals surface area contributed by atoms with Gasteiger partial charge in [0.05, 0.1) is 12.6 Å². The van der Waals surface area contributed by atoms with Crippen LogP contribution >= 0.6 is 0 Å². The second kappa shape index (κ2) is 5.05. The zero-order chi connectivity index (χ0) is 13.2. The second-order valence-corrected chi connectivity index (χ2v) is 5.03. The van der Waals surface area contributed by atoms with Gasteiger partial charge in [0.25, 0.3) is 0 Å². The Labute approximate surface area is 112 Å². The lowest BCUT2D eigenvalue weighted by molar-refractivity contribution is -0.141. The third-order valence-corrected chi connectivity index (χ3v) is 3.56. The molecule has 1 N–H and O–H groups in total. The van der Waals surface area contributed by atoms with Gasteiger partial charge in [0, 0.05) is 18.8 Å². The SMILES string of the molecule is COC(=O)Cn1ccc2cccc(CNC3CC3)c21. The average molecular weight is 258 g/mol. The average Bonchev–Trinajstić information content (AvgIpc) is 3.17. The maximum Gasteiger partial charge on any atom is 0.325 e. The number of aromatic nitrogens is 1. The molecule has 1 aliphatic carbocycles. The minimum atomic E-state index is -0.220. The smallest absolute Gasteiger partial charge is 0.325 e. The largest absolute Gasteiger partial charge is 0.468 e. The number of hydrogen-bond donors (Lipinski definition) is 1. The maximum atomic E-state index is 11.5. The van der Waals surface area contributed by atoms with Crippen molar-refractivity contribution in [1.82, 2.24) is 9.88 Å². The molecule has 1 fully saturated rings. The first kappa shape index (κ1) is 12.2. The molecule has 1 saturated carbocycles. The fraction of sp³-hybridized carbons (Fsp3) is 0.400. The molecule has 2 aromatic rings. The lowest BCUT2D eigenvalue weighted by Crippen LogP contribution is -2.17. The van der Waals surface area contributed by atoms with Gasteiger partial charge in [0.2, 0.25) is 0 Å². The molecule has 0 unspecified atom stereocenters. The van der Waals surface area contributed by atoms with Crippen LogP contribution in [0, 0.1) is 0 Å². The molecule has 0 atom stereocenters. The van der Waals surface area contributed by atoms with Crippen molar-refractivity contribution >= 4 is 16.9 Å². The predicted molar refractivity (Wildman–Crippen MR) is 73.8 cm³/mol. The van der Waals surface area contributed by atoms with Crippen molar-refractivity contribution in [3.05, 3.63) is 36.0 Å². The summed E-state index contributed by atoms with van der Waals surface area (Å²) in [6, 6.07) is 8.97. The molecule has 4 nitrogen and oxygen atoms in total. The molecule has 0 amide bonds. The van der Waals surface area contributed by atoms with E-state index in [0.29, 0.717) is 6.04 Å². The van der Waals surface area contributed by atoms with Crippen molar-refractivity contribution in [3.63, 3.8) is 0 Å². The first-order chi connectivity index (χ1) is 9.28. The summed E-state index contributed by atoms with van der Waals surface area (Å²) < 4.78 is 6.71. The predicted octanol–water partition coefficient (Wildman–Crippen LogP) is 2.07. The normalized spacial score (nSPS) is 14.8. The van der Waals surface area contributed by atoms with Gasteiger partial charge in [-0.2, -0.15) is 0 Å². The van der Waals surface area contributed by atoms with Crippen molar-refractivity contribution in [2.45, 2.75) is 32.0 Å². The zero-order valence-corrected chi connectivity index (χ0v) is 11.1. The van der Waals surface area contributed by atoms with Crippen molar-refractivity contribution in [2.24, 2.45) is 0 Å². The molecule has 4 heteroatoms. The molecule has 0 saturated heterocycles. The second-order valence-electron chi connectivity index (χ2n) is 5.03. The van der Waals surface area contributed by atoms with Gasteiger partial charge in [0.15, 0.2) is 0 Å². The minimum absolute atomic E-state index is 0.220. The molecule has 1 heterocycles. The van der Waals surface area contributed by atoms with Crippen LogP contribution in [0.1, 0.15) is 18.4 Å². The fourth-order valence-corrected chi connectivity index (χ4v) is 2.36. The number of ether oxygens (including phenoxy) is 1. The van der Waals surface area contributed by atoms with Crippen molar-refractivity contribution in [2.75, 3.05) is 7.11 Å². The van der Waals surface area contributed by atoms with E-state index in [0.717, 1.165) is 12.1 Å². The van der Waals surface area contributed by atoms with Crippen LogP contribution in [0.5, 0.6) is 0 Å². The van der Waals surface area contributed by atoms with Crippen LogP contribution in [-0.2, 0) is 22.6 Å². The summed E-state index contributed by atoms with van der Waals surface area (Å²) in [4.78, 5) is 11.5. The van der Waals surface area contributed by atoms with Crippen LogP contribution in [-0.4, -0.2) is 23.7 Å². The monoisotopic (exact) mass is 258 g/mol. The van der Waals surface area contributed by atoms with E-state index in [1.807, 2.05) is 16.8 Å². The van der Waals surface area contributed by atoms with Crippen molar-refractivity contribution < 1.29 is 9.53 Å². The third-order valence-electron chi connectivity index (χ3n) is 3.56. The summed E-state index contributed by atoms with van der Waals surface area (Å²) >= 11 is 0. The number of hydrogen-bond acceptors (Lipinski definition) is 3. The van der Waals surface area contributed by atoms with Crippen LogP contribution in [0.2, 0.25) is 0 Å². The van der Waals surface area contributed by atoms with Gasteiger partial charge < -0.3 is 14.6 Å². The highest BCUT2D eigenvalue weighted by Gasteiger charge is 2.20. The van der Waals surface area contributed by atoms with Gasteiger partial charge in [-0.15, -0.1) is 0 Å². The summed E-state index contributed by atoms with van der Waals surface area (Å²) in [6.45, 7) is 1.12. The Morgan fingerprint density at radius 3 is 3.00 bits per heavy atom. The first-order valence-corrected chi connectivity index (χ1v) is 6.65. The Hall–Kier alpha value is -1.81. The van der Waals surface area contributed by atoms with Crippen LogP contribution in [0.15, 0.2) is 30.5 Å². The molecule has 19 heavy (non-hydrogen) atoms. The number of benzene rings is 1. The molecule has 0 aliphatic heterocycles. The zero-order valence-electron chi connectivity index (χ0n) is 11.1. The molecule has 3 rings (SSSR count). The summed E-state index contributed by atoms with van der Waals surface area (Å²) in [5, 5.41) is 4.69. The molecule has 0 spiro atoms. The quantitative estimate of drug-likeness (QED) is 0.835. The highest BCUT2D eigenvalue weighted by Crippen LogP contribution is 2.23. The highest BCUT2D eigenvalue weighted by molar-refractivity contribution is 5.85. The van der Waals surface area contributed by atoms with Crippen molar-refractivity contribution in [3.8, 4) is 0 Å². The van der Waals surface area contributed by atoms with Gasteiger partial charge in [-0.25, -0.2) is 0 Å². The number of nitrogens with zero attached hydrogens (tertiary/aromatic N) is 1. The number of carbonyl (C=O) groups is 1. The van der Waals surface area contributed by atoms with E-state index >= 15 is 0 Å². The third kappa shape index (κ3) is 2.63. The van der Waals surface area contributed by atoms with E-state index in [2.05, 4.69) is 23.5 Å². The Balaban J connectivity index is 1.90. The lowest BCUT2D eigenvalue weighted by Gasteiger charge is -2.09.